The standard InChI is InChI=1S/C18H22FN5O2S/c1-4-10-24-16(13-6-8-14(19)9-7-13)22-23-18(24)27-11-15(25)21-12(3)17(26)20-5-2/h4,6-9,12H,1,5,10-11H2,2-3H3,(H,20,26)(H,21,25)/t12-/m1/s1. The summed E-state index contributed by atoms with van der Waals surface area (Å²) in [5.74, 6) is -0.198. The van der Waals surface area contributed by atoms with Crippen LogP contribution in [0.1, 0.15) is 13.8 Å². The Hall–Kier alpha value is -2.68. The summed E-state index contributed by atoms with van der Waals surface area (Å²) < 4.78 is 14.9. The molecule has 2 rings (SSSR count). The van der Waals surface area contributed by atoms with Crippen LogP contribution < -0.4 is 10.6 Å². The summed E-state index contributed by atoms with van der Waals surface area (Å²) in [5, 5.41) is 14.1. The zero-order valence-corrected chi connectivity index (χ0v) is 16.1. The Kier molecular flexibility index (Phi) is 7.54. The molecule has 1 heterocycles. The zero-order valence-electron chi connectivity index (χ0n) is 15.2. The highest BCUT2D eigenvalue weighted by molar-refractivity contribution is 7.99. The first-order valence-corrected chi connectivity index (χ1v) is 9.44. The fourth-order valence-corrected chi connectivity index (χ4v) is 3.07. The summed E-state index contributed by atoms with van der Waals surface area (Å²) in [5.41, 5.74) is 0.715. The number of hydrogen-bond donors (Lipinski definition) is 2. The highest BCUT2D eigenvalue weighted by Crippen LogP contribution is 2.24. The van der Waals surface area contributed by atoms with Crippen molar-refractivity contribution < 1.29 is 14.0 Å². The van der Waals surface area contributed by atoms with Crippen LogP contribution in [0.4, 0.5) is 4.39 Å². The molecule has 7 nitrogen and oxygen atoms in total. The van der Waals surface area contributed by atoms with Gasteiger partial charge in [-0.1, -0.05) is 17.8 Å². The van der Waals surface area contributed by atoms with Crippen molar-refractivity contribution in [2.24, 2.45) is 0 Å². The lowest BCUT2D eigenvalue weighted by molar-refractivity contribution is -0.127. The zero-order chi connectivity index (χ0) is 19.8. The Balaban J connectivity index is 2.06. The van der Waals surface area contributed by atoms with E-state index >= 15 is 0 Å². The van der Waals surface area contributed by atoms with Crippen LogP contribution in [0, 0.1) is 5.82 Å². The average Bonchev–Trinajstić information content (AvgIpc) is 3.04. The summed E-state index contributed by atoms with van der Waals surface area (Å²) in [4.78, 5) is 23.8. The van der Waals surface area contributed by atoms with Crippen LogP contribution in [-0.4, -0.2) is 44.9 Å². The predicted octanol–water partition coefficient (Wildman–Crippen LogP) is 2.00. The Bertz CT molecular complexity index is 807. The smallest absolute Gasteiger partial charge is 0.242 e. The molecular formula is C18H22FN5O2S. The van der Waals surface area contributed by atoms with Gasteiger partial charge in [0.15, 0.2) is 11.0 Å². The van der Waals surface area contributed by atoms with Crippen molar-refractivity contribution in [3.63, 3.8) is 0 Å². The molecule has 0 unspecified atom stereocenters. The van der Waals surface area contributed by atoms with Gasteiger partial charge in [0.25, 0.3) is 0 Å². The number of allylic oxidation sites excluding steroid dienone is 1. The van der Waals surface area contributed by atoms with Gasteiger partial charge in [0, 0.05) is 18.7 Å². The third-order valence-corrected chi connectivity index (χ3v) is 4.55. The number of likely N-dealkylation sites (N-methyl/N-ethyl adjacent to an activating group) is 1. The third-order valence-electron chi connectivity index (χ3n) is 3.59. The van der Waals surface area contributed by atoms with Crippen molar-refractivity contribution in [3.05, 3.63) is 42.7 Å². The van der Waals surface area contributed by atoms with Crippen LogP contribution >= 0.6 is 11.8 Å². The van der Waals surface area contributed by atoms with Gasteiger partial charge in [-0.25, -0.2) is 4.39 Å². The van der Waals surface area contributed by atoms with Crippen molar-refractivity contribution in [2.45, 2.75) is 31.6 Å². The van der Waals surface area contributed by atoms with Crippen molar-refractivity contribution >= 4 is 23.6 Å². The van der Waals surface area contributed by atoms with Crippen LogP contribution in [0.25, 0.3) is 11.4 Å². The van der Waals surface area contributed by atoms with Crippen LogP contribution in [0.3, 0.4) is 0 Å². The van der Waals surface area contributed by atoms with Gasteiger partial charge in [-0.2, -0.15) is 0 Å². The molecular weight excluding hydrogens is 369 g/mol. The fraction of sp³-hybridized carbons (Fsp3) is 0.333. The number of benzene rings is 1. The van der Waals surface area contributed by atoms with Gasteiger partial charge in [0.1, 0.15) is 11.9 Å². The molecule has 1 atom stereocenters. The maximum Gasteiger partial charge on any atom is 0.242 e. The molecule has 0 aliphatic rings. The third kappa shape index (κ3) is 5.65. The van der Waals surface area contributed by atoms with Crippen LogP contribution in [0.2, 0.25) is 0 Å². The van der Waals surface area contributed by atoms with Gasteiger partial charge >= 0.3 is 0 Å². The minimum Gasteiger partial charge on any atom is -0.355 e. The first kappa shape index (κ1) is 20.6. The second kappa shape index (κ2) is 9.86. The van der Waals surface area contributed by atoms with E-state index in [1.165, 1.54) is 23.9 Å². The second-order valence-corrected chi connectivity index (χ2v) is 6.63. The maximum atomic E-state index is 13.1. The number of hydrogen-bond acceptors (Lipinski definition) is 5. The van der Waals surface area contributed by atoms with E-state index in [4.69, 9.17) is 0 Å². The molecule has 0 aliphatic heterocycles. The van der Waals surface area contributed by atoms with Crippen molar-refractivity contribution in [2.75, 3.05) is 12.3 Å². The molecule has 0 spiro atoms. The van der Waals surface area contributed by atoms with E-state index in [-0.39, 0.29) is 23.4 Å². The minimum absolute atomic E-state index is 0.0858. The Labute approximate surface area is 161 Å². The molecule has 0 saturated carbocycles. The average molecular weight is 391 g/mol. The molecule has 27 heavy (non-hydrogen) atoms. The number of carbonyl (C=O) groups excluding carboxylic acids is 2. The lowest BCUT2D eigenvalue weighted by Crippen LogP contribution is -2.45. The van der Waals surface area contributed by atoms with Gasteiger partial charge in [-0.15, -0.1) is 16.8 Å². The SMILES string of the molecule is C=CCn1c(SCC(=O)N[C@H](C)C(=O)NCC)nnc1-c1ccc(F)cc1. The molecule has 9 heteroatoms. The Morgan fingerprint density at radius 1 is 1.33 bits per heavy atom. The van der Waals surface area contributed by atoms with E-state index in [9.17, 15) is 14.0 Å². The molecule has 1 aromatic carbocycles. The first-order chi connectivity index (χ1) is 13.0. The summed E-state index contributed by atoms with van der Waals surface area (Å²) in [6.45, 7) is 8.11. The van der Waals surface area contributed by atoms with E-state index in [1.54, 1.807) is 29.7 Å². The number of rotatable bonds is 9. The monoisotopic (exact) mass is 391 g/mol. The highest BCUT2D eigenvalue weighted by atomic mass is 32.2. The maximum absolute atomic E-state index is 13.1. The molecule has 2 aromatic rings. The molecule has 0 saturated heterocycles. The summed E-state index contributed by atoms with van der Waals surface area (Å²) in [6, 6.07) is 5.33. The molecule has 2 N–H and O–H groups in total. The largest absolute Gasteiger partial charge is 0.355 e. The number of nitrogens with zero attached hydrogens (tertiary/aromatic N) is 3. The number of nitrogens with one attached hydrogen (secondary N) is 2. The van der Waals surface area contributed by atoms with E-state index < -0.39 is 6.04 Å². The van der Waals surface area contributed by atoms with Crippen molar-refractivity contribution in [1.82, 2.24) is 25.4 Å². The molecule has 1 aromatic heterocycles. The van der Waals surface area contributed by atoms with Crippen LogP contribution in [-0.2, 0) is 16.1 Å². The normalized spacial score (nSPS) is 11.7. The Morgan fingerprint density at radius 2 is 2.04 bits per heavy atom. The van der Waals surface area contributed by atoms with Crippen LogP contribution in [0.5, 0.6) is 0 Å². The van der Waals surface area contributed by atoms with Gasteiger partial charge in [-0.3, -0.25) is 14.2 Å². The summed E-state index contributed by atoms with van der Waals surface area (Å²) in [7, 11) is 0. The molecule has 2 amide bonds. The lowest BCUT2D eigenvalue weighted by Gasteiger charge is -2.13. The highest BCUT2D eigenvalue weighted by Gasteiger charge is 2.17. The van der Waals surface area contributed by atoms with E-state index in [0.717, 1.165) is 0 Å². The van der Waals surface area contributed by atoms with Gasteiger partial charge in [0.05, 0.1) is 5.75 Å². The van der Waals surface area contributed by atoms with Crippen molar-refractivity contribution in [1.29, 1.82) is 0 Å². The number of halogens is 1. The quantitative estimate of drug-likeness (QED) is 0.504. The summed E-state index contributed by atoms with van der Waals surface area (Å²) in [6.07, 6.45) is 1.69. The molecule has 0 aliphatic carbocycles. The molecule has 0 radical (unpaired) electrons. The molecule has 0 fully saturated rings. The number of amides is 2. The predicted molar refractivity (Wildman–Crippen MR) is 103 cm³/mol. The molecule has 144 valence electrons. The second-order valence-electron chi connectivity index (χ2n) is 5.68. The van der Waals surface area contributed by atoms with Crippen LogP contribution in [0.15, 0.2) is 42.1 Å². The fourth-order valence-electron chi connectivity index (χ4n) is 2.31. The van der Waals surface area contributed by atoms with Gasteiger partial charge in [0.2, 0.25) is 11.8 Å². The lowest BCUT2D eigenvalue weighted by atomic mass is 10.2. The van der Waals surface area contributed by atoms with Crippen molar-refractivity contribution in [3.8, 4) is 11.4 Å². The van der Waals surface area contributed by atoms with Gasteiger partial charge < -0.3 is 10.6 Å². The topological polar surface area (TPSA) is 88.9 Å². The first-order valence-electron chi connectivity index (χ1n) is 8.46. The van der Waals surface area contributed by atoms with E-state index in [1.807, 2.05) is 6.92 Å². The minimum atomic E-state index is -0.612. The summed E-state index contributed by atoms with van der Waals surface area (Å²) >= 11 is 1.20. The Morgan fingerprint density at radius 3 is 2.67 bits per heavy atom. The molecule has 0 bridgehead atoms. The number of aromatic nitrogens is 3. The van der Waals surface area contributed by atoms with E-state index in [2.05, 4.69) is 27.4 Å². The van der Waals surface area contributed by atoms with E-state index in [0.29, 0.717) is 29.6 Å². The van der Waals surface area contributed by atoms with Gasteiger partial charge in [-0.05, 0) is 38.1 Å². The number of thioether (sulfide) groups is 1. The number of carbonyl (C=O) groups is 2.